The molecule has 0 bridgehead atoms. The van der Waals surface area contributed by atoms with Gasteiger partial charge in [0.1, 0.15) is 0 Å². The molecule has 0 aliphatic rings. The lowest BCUT2D eigenvalue weighted by molar-refractivity contribution is -0.136. The summed E-state index contributed by atoms with van der Waals surface area (Å²) in [6.45, 7) is 3.12. The van der Waals surface area contributed by atoms with Gasteiger partial charge in [0.05, 0.1) is 13.7 Å². The van der Waals surface area contributed by atoms with Gasteiger partial charge in [-0.2, -0.15) is 0 Å². The van der Waals surface area contributed by atoms with Crippen LogP contribution in [0.25, 0.3) is 0 Å². The normalized spacial score (nSPS) is 11.5. The van der Waals surface area contributed by atoms with Crippen LogP contribution in [0.2, 0.25) is 0 Å². The number of hydrogen-bond acceptors (Lipinski definition) is 4. The van der Waals surface area contributed by atoms with Crippen molar-refractivity contribution < 1.29 is 14.6 Å². The highest BCUT2D eigenvalue weighted by atomic mass is 16.5. The topological polar surface area (TPSA) is 58.6 Å². The van der Waals surface area contributed by atoms with E-state index in [4.69, 9.17) is 5.11 Å². The quantitative estimate of drug-likeness (QED) is 0.351. The van der Waals surface area contributed by atoms with Gasteiger partial charge in [0.25, 0.3) is 0 Å². The van der Waals surface area contributed by atoms with Crippen LogP contribution in [0, 0.1) is 0 Å². The van der Waals surface area contributed by atoms with Crippen molar-refractivity contribution >= 4 is 5.97 Å². The van der Waals surface area contributed by atoms with Gasteiger partial charge in [-0.1, -0.05) is 13.0 Å². The van der Waals surface area contributed by atoms with E-state index in [-0.39, 0.29) is 12.6 Å². The SMILES string of the molecule is CCC(=CCNCCO)C(=O)OC. The number of carbonyl (C=O) groups excluding carboxylic acids is 1. The van der Waals surface area contributed by atoms with Crippen molar-refractivity contribution in [2.75, 3.05) is 26.8 Å². The maximum Gasteiger partial charge on any atom is 0.333 e. The molecule has 0 aromatic carbocycles. The molecule has 0 aromatic heterocycles. The first kappa shape index (κ1) is 12.1. The second-order valence-electron chi connectivity index (χ2n) is 2.50. The molecule has 0 aliphatic carbocycles. The molecule has 0 saturated carbocycles. The Labute approximate surface area is 78.6 Å². The van der Waals surface area contributed by atoms with E-state index in [1.54, 1.807) is 6.08 Å². The van der Waals surface area contributed by atoms with Crippen LogP contribution in [0.3, 0.4) is 0 Å². The molecule has 4 nitrogen and oxygen atoms in total. The van der Waals surface area contributed by atoms with Crippen LogP contribution >= 0.6 is 0 Å². The predicted molar refractivity (Wildman–Crippen MR) is 50.3 cm³/mol. The summed E-state index contributed by atoms with van der Waals surface area (Å²) in [6.07, 6.45) is 2.44. The summed E-state index contributed by atoms with van der Waals surface area (Å²) in [6, 6.07) is 0. The maximum atomic E-state index is 11.0. The number of aliphatic hydroxyl groups is 1. The molecule has 76 valence electrons. The monoisotopic (exact) mass is 187 g/mol. The summed E-state index contributed by atoms with van der Waals surface area (Å²) < 4.78 is 4.58. The van der Waals surface area contributed by atoms with Crippen LogP contribution in [-0.4, -0.2) is 37.9 Å². The van der Waals surface area contributed by atoms with E-state index in [9.17, 15) is 4.79 Å². The first-order valence-corrected chi connectivity index (χ1v) is 4.35. The van der Waals surface area contributed by atoms with Crippen LogP contribution in [0.4, 0.5) is 0 Å². The Morgan fingerprint density at radius 2 is 2.31 bits per heavy atom. The molecule has 2 N–H and O–H groups in total. The minimum atomic E-state index is -0.284. The number of rotatable bonds is 6. The zero-order valence-corrected chi connectivity index (χ0v) is 8.17. The lowest BCUT2D eigenvalue weighted by atomic mass is 10.2. The zero-order valence-electron chi connectivity index (χ0n) is 8.17. The Hall–Kier alpha value is -0.870. The smallest absolute Gasteiger partial charge is 0.333 e. The fraction of sp³-hybridized carbons (Fsp3) is 0.667. The van der Waals surface area contributed by atoms with Gasteiger partial charge < -0.3 is 15.2 Å². The second kappa shape index (κ2) is 7.76. The highest BCUT2D eigenvalue weighted by molar-refractivity contribution is 5.88. The van der Waals surface area contributed by atoms with Crippen molar-refractivity contribution in [1.82, 2.24) is 5.32 Å². The van der Waals surface area contributed by atoms with Gasteiger partial charge >= 0.3 is 5.97 Å². The molecule has 0 saturated heterocycles. The Balaban J connectivity index is 3.85. The van der Waals surface area contributed by atoms with E-state index in [1.807, 2.05) is 6.92 Å². The summed E-state index contributed by atoms with van der Waals surface area (Å²) in [5.41, 5.74) is 0.660. The van der Waals surface area contributed by atoms with Gasteiger partial charge in [-0.25, -0.2) is 4.79 Å². The van der Waals surface area contributed by atoms with Gasteiger partial charge in [-0.05, 0) is 6.42 Å². The molecule has 0 amide bonds. The van der Waals surface area contributed by atoms with E-state index in [0.29, 0.717) is 25.1 Å². The van der Waals surface area contributed by atoms with Crippen molar-refractivity contribution in [1.29, 1.82) is 0 Å². The first-order valence-electron chi connectivity index (χ1n) is 4.35. The molecule has 0 rings (SSSR count). The Bertz CT molecular complexity index is 178. The van der Waals surface area contributed by atoms with Crippen LogP contribution in [0.15, 0.2) is 11.6 Å². The van der Waals surface area contributed by atoms with Crippen molar-refractivity contribution in [2.24, 2.45) is 0 Å². The molecule has 0 heterocycles. The number of aliphatic hydroxyl groups excluding tert-OH is 1. The van der Waals surface area contributed by atoms with E-state index in [2.05, 4.69) is 10.1 Å². The summed E-state index contributed by atoms with van der Waals surface area (Å²) >= 11 is 0. The number of esters is 1. The van der Waals surface area contributed by atoms with Crippen molar-refractivity contribution in [3.05, 3.63) is 11.6 Å². The van der Waals surface area contributed by atoms with E-state index in [1.165, 1.54) is 7.11 Å². The van der Waals surface area contributed by atoms with Crippen molar-refractivity contribution in [3.8, 4) is 0 Å². The third kappa shape index (κ3) is 5.38. The second-order valence-corrected chi connectivity index (χ2v) is 2.50. The van der Waals surface area contributed by atoms with Gasteiger partial charge in [0.15, 0.2) is 0 Å². The summed E-state index contributed by atoms with van der Waals surface area (Å²) in [7, 11) is 1.37. The average molecular weight is 187 g/mol. The molecule has 0 fully saturated rings. The van der Waals surface area contributed by atoms with E-state index >= 15 is 0 Å². The summed E-state index contributed by atoms with van der Waals surface area (Å²) in [5.74, 6) is -0.284. The van der Waals surface area contributed by atoms with Gasteiger partial charge in [0.2, 0.25) is 0 Å². The summed E-state index contributed by atoms with van der Waals surface area (Å²) in [4.78, 5) is 11.0. The predicted octanol–water partition coefficient (Wildman–Crippen LogP) is 0.0777. The van der Waals surface area contributed by atoms with Gasteiger partial charge in [-0.15, -0.1) is 0 Å². The van der Waals surface area contributed by atoms with Crippen molar-refractivity contribution in [2.45, 2.75) is 13.3 Å². The van der Waals surface area contributed by atoms with Crippen molar-refractivity contribution in [3.63, 3.8) is 0 Å². The van der Waals surface area contributed by atoms with Crippen LogP contribution < -0.4 is 5.32 Å². The molecular weight excluding hydrogens is 170 g/mol. The Kier molecular flexibility index (Phi) is 7.24. The largest absolute Gasteiger partial charge is 0.466 e. The third-order valence-electron chi connectivity index (χ3n) is 1.61. The molecule has 4 heteroatoms. The molecule has 0 unspecified atom stereocenters. The van der Waals surface area contributed by atoms with Gasteiger partial charge in [0, 0.05) is 18.7 Å². The van der Waals surface area contributed by atoms with Crippen LogP contribution in [0.1, 0.15) is 13.3 Å². The molecule has 0 aromatic rings. The zero-order chi connectivity index (χ0) is 10.1. The number of hydrogen-bond donors (Lipinski definition) is 2. The molecule has 0 aliphatic heterocycles. The van der Waals surface area contributed by atoms with Crippen LogP contribution in [0.5, 0.6) is 0 Å². The Morgan fingerprint density at radius 3 is 2.77 bits per heavy atom. The van der Waals surface area contributed by atoms with E-state index < -0.39 is 0 Å². The van der Waals surface area contributed by atoms with E-state index in [0.717, 1.165) is 0 Å². The van der Waals surface area contributed by atoms with Crippen LogP contribution in [-0.2, 0) is 9.53 Å². The first-order chi connectivity index (χ1) is 6.26. The van der Waals surface area contributed by atoms with Gasteiger partial charge in [-0.3, -0.25) is 0 Å². The molecule has 0 atom stereocenters. The number of methoxy groups -OCH3 is 1. The minimum Gasteiger partial charge on any atom is -0.466 e. The molecule has 13 heavy (non-hydrogen) atoms. The highest BCUT2D eigenvalue weighted by Crippen LogP contribution is 2.01. The lowest BCUT2D eigenvalue weighted by Crippen LogP contribution is -2.19. The molecular formula is C9H17NO3. The Morgan fingerprint density at radius 1 is 1.62 bits per heavy atom. The fourth-order valence-electron chi connectivity index (χ4n) is 0.880. The minimum absolute atomic E-state index is 0.105. The lowest BCUT2D eigenvalue weighted by Gasteiger charge is -2.02. The highest BCUT2D eigenvalue weighted by Gasteiger charge is 2.04. The maximum absolute atomic E-state index is 11.0. The number of ether oxygens (including phenoxy) is 1. The molecule has 0 radical (unpaired) electrons. The molecule has 0 spiro atoms. The fourth-order valence-corrected chi connectivity index (χ4v) is 0.880. The summed E-state index contributed by atoms with van der Waals surface area (Å²) in [5, 5.41) is 11.4. The third-order valence-corrected chi connectivity index (χ3v) is 1.61. The number of nitrogens with one attached hydrogen (secondary N) is 1. The standard InChI is InChI=1S/C9H17NO3/c1-3-8(9(12)13-2)4-5-10-6-7-11/h4,10-11H,3,5-7H2,1-2H3. The average Bonchev–Trinajstić information content (AvgIpc) is 2.17. The number of carbonyl (C=O) groups is 1.